The van der Waals surface area contributed by atoms with E-state index in [9.17, 15) is 5.11 Å². The molecule has 3 N–H and O–H groups in total. The summed E-state index contributed by atoms with van der Waals surface area (Å²) in [5.41, 5.74) is 7.86. The third-order valence-electron chi connectivity index (χ3n) is 4.69. The molecule has 0 heterocycles. The average Bonchev–Trinajstić information content (AvgIpc) is 2.89. The van der Waals surface area contributed by atoms with Gasteiger partial charge in [0.25, 0.3) is 0 Å². The van der Waals surface area contributed by atoms with Crippen LogP contribution >= 0.6 is 0 Å². The van der Waals surface area contributed by atoms with E-state index in [0.717, 1.165) is 11.5 Å². The van der Waals surface area contributed by atoms with E-state index in [2.05, 4.69) is 0 Å². The molecule has 3 rings (SSSR count). The summed E-state index contributed by atoms with van der Waals surface area (Å²) in [6.07, 6.45) is 6.55. The highest BCUT2D eigenvalue weighted by molar-refractivity contribution is 5.31. The molecule has 0 spiro atoms. The summed E-state index contributed by atoms with van der Waals surface area (Å²) >= 11 is 0. The number of benzene rings is 1. The van der Waals surface area contributed by atoms with Gasteiger partial charge in [0.15, 0.2) is 0 Å². The van der Waals surface area contributed by atoms with Crippen molar-refractivity contribution in [3.63, 3.8) is 0 Å². The molecule has 16 heavy (non-hydrogen) atoms. The Hall–Kier alpha value is -1.02. The summed E-state index contributed by atoms with van der Waals surface area (Å²) in [6.45, 7) is 0. The molecule has 2 bridgehead atoms. The highest BCUT2D eigenvalue weighted by Crippen LogP contribution is 2.59. The quantitative estimate of drug-likeness (QED) is 0.800. The van der Waals surface area contributed by atoms with Crippen molar-refractivity contribution in [2.75, 3.05) is 0 Å². The van der Waals surface area contributed by atoms with Crippen molar-refractivity contribution in [1.82, 2.24) is 0 Å². The summed E-state index contributed by atoms with van der Waals surface area (Å²) in [7, 11) is 0. The molecule has 1 aromatic rings. The van der Waals surface area contributed by atoms with E-state index in [0.29, 0.717) is 11.2 Å². The van der Waals surface area contributed by atoms with Gasteiger partial charge >= 0.3 is 0 Å². The summed E-state index contributed by atoms with van der Waals surface area (Å²) in [6, 6.07) is 7.57. The lowest BCUT2D eigenvalue weighted by Gasteiger charge is -2.33. The van der Waals surface area contributed by atoms with E-state index in [1.807, 2.05) is 18.2 Å². The molecule has 2 saturated carbocycles. The van der Waals surface area contributed by atoms with Gasteiger partial charge in [-0.3, -0.25) is 0 Å². The molecule has 1 unspecified atom stereocenters. The van der Waals surface area contributed by atoms with Crippen LogP contribution in [-0.2, 0) is 0 Å². The first-order valence-corrected chi connectivity index (χ1v) is 6.24. The second-order valence-corrected chi connectivity index (χ2v) is 5.58. The number of fused-ring (bicyclic) bond motifs is 2. The average molecular weight is 217 g/mol. The molecule has 0 saturated heterocycles. The lowest BCUT2D eigenvalue weighted by atomic mass is 9.75. The Bertz CT molecular complexity index is 393. The zero-order valence-electron chi connectivity index (χ0n) is 9.52. The van der Waals surface area contributed by atoms with E-state index >= 15 is 0 Å². The largest absolute Gasteiger partial charge is 0.508 e. The van der Waals surface area contributed by atoms with Gasteiger partial charge in [0, 0.05) is 6.04 Å². The topological polar surface area (TPSA) is 46.2 Å². The minimum atomic E-state index is 0.104. The van der Waals surface area contributed by atoms with Gasteiger partial charge in [-0.05, 0) is 61.1 Å². The van der Waals surface area contributed by atoms with Crippen LogP contribution in [0, 0.1) is 11.3 Å². The van der Waals surface area contributed by atoms with Crippen LogP contribution < -0.4 is 5.73 Å². The maximum absolute atomic E-state index is 9.52. The highest BCUT2D eigenvalue weighted by atomic mass is 16.3. The van der Waals surface area contributed by atoms with Gasteiger partial charge < -0.3 is 10.8 Å². The van der Waals surface area contributed by atoms with E-state index in [1.54, 1.807) is 6.07 Å². The standard InChI is InChI=1S/C14H19NO/c15-13(11-2-1-3-12(16)8-11)14-6-4-10(9-14)5-7-14/h1-3,8,10,13,16H,4-7,9,15H2. The van der Waals surface area contributed by atoms with Crippen molar-refractivity contribution in [3.8, 4) is 5.75 Å². The molecule has 0 radical (unpaired) electrons. The number of rotatable bonds is 2. The number of nitrogens with two attached hydrogens (primary N) is 1. The van der Waals surface area contributed by atoms with Gasteiger partial charge in [-0.25, -0.2) is 0 Å². The van der Waals surface area contributed by atoms with Crippen molar-refractivity contribution in [3.05, 3.63) is 29.8 Å². The number of phenolic OH excluding ortho intramolecular Hbond substituents is 1. The molecule has 2 nitrogen and oxygen atoms in total. The third kappa shape index (κ3) is 1.44. The molecular weight excluding hydrogens is 198 g/mol. The van der Waals surface area contributed by atoms with E-state index < -0.39 is 0 Å². The van der Waals surface area contributed by atoms with Gasteiger partial charge in [-0.2, -0.15) is 0 Å². The number of hydrogen-bond donors (Lipinski definition) is 2. The Balaban J connectivity index is 1.90. The van der Waals surface area contributed by atoms with Gasteiger partial charge in [0.1, 0.15) is 5.75 Å². The number of hydrogen-bond acceptors (Lipinski definition) is 2. The molecule has 2 aliphatic rings. The smallest absolute Gasteiger partial charge is 0.115 e. The molecule has 2 fully saturated rings. The van der Waals surface area contributed by atoms with E-state index in [-0.39, 0.29) is 6.04 Å². The molecule has 0 aliphatic heterocycles. The molecule has 86 valence electrons. The van der Waals surface area contributed by atoms with E-state index in [4.69, 9.17) is 5.73 Å². The molecule has 0 aromatic heterocycles. The highest BCUT2D eigenvalue weighted by Gasteiger charge is 2.48. The van der Waals surface area contributed by atoms with Crippen LogP contribution in [0.2, 0.25) is 0 Å². The van der Waals surface area contributed by atoms with Gasteiger partial charge in [0.05, 0.1) is 0 Å². The maximum Gasteiger partial charge on any atom is 0.115 e. The summed E-state index contributed by atoms with van der Waals surface area (Å²) in [4.78, 5) is 0. The van der Waals surface area contributed by atoms with Crippen molar-refractivity contribution < 1.29 is 5.11 Å². The van der Waals surface area contributed by atoms with Crippen molar-refractivity contribution >= 4 is 0 Å². The summed E-state index contributed by atoms with van der Waals surface area (Å²) in [5, 5.41) is 9.52. The van der Waals surface area contributed by atoms with Crippen LogP contribution in [0.3, 0.4) is 0 Å². The predicted molar refractivity (Wildman–Crippen MR) is 64.0 cm³/mol. The second-order valence-electron chi connectivity index (χ2n) is 5.58. The first kappa shape index (κ1) is 10.2. The third-order valence-corrected chi connectivity index (χ3v) is 4.69. The Kier molecular flexibility index (Phi) is 2.21. The molecule has 2 aliphatic carbocycles. The molecule has 2 heteroatoms. The van der Waals surface area contributed by atoms with Crippen LogP contribution in [0.1, 0.15) is 43.7 Å². The lowest BCUT2D eigenvalue weighted by Crippen LogP contribution is -2.30. The fourth-order valence-electron chi connectivity index (χ4n) is 3.75. The fraction of sp³-hybridized carbons (Fsp3) is 0.571. The second kappa shape index (κ2) is 3.49. The first-order valence-electron chi connectivity index (χ1n) is 6.24. The van der Waals surface area contributed by atoms with Crippen LogP contribution in [0.4, 0.5) is 0 Å². The van der Waals surface area contributed by atoms with Gasteiger partial charge in [-0.1, -0.05) is 12.1 Å². The minimum Gasteiger partial charge on any atom is -0.508 e. The molecule has 1 aromatic carbocycles. The van der Waals surface area contributed by atoms with E-state index in [1.165, 1.54) is 32.1 Å². The fourth-order valence-corrected chi connectivity index (χ4v) is 3.75. The van der Waals surface area contributed by atoms with Crippen LogP contribution in [-0.4, -0.2) is 5.11 Å². The van der Waals surface area contributed by atoms with Crippen LogP contribution in [0.15, 0.2) is 24.3 Å². The molecule has 1 atom stereocenters. The van der Waals surface area contributed by atoms with Crippen molar-refractivity contribution in [1.29, 1.82) is 0 Å². The molecular formula is C14H19NO. The van der Waals surface area contributed by atoms with Crippen molar-refractivity contribution in [2.24, 2.45) is 17.1 Å². The monoisotopic (exact) mass is 217 g/mol. The minimum absolute atomic E-state index is 0.104. The lowest BCUT2D eigenvalue weighted by molar-refractivity contribution is 0.233. The normalized spacial score (nSPS) is 34.2. The van der Waals surface area contributed by atoms with Crippen LogP contribution in [0.25, 0.3) is 0 Å². The number of aromatic hydroxyl groups is 1. The Morgan fingerprint density at radius 2 is 2.06 bits per heavy atom. The number of phenols is 1. The Labute approximate surface area is 96.5 Å². The maximum atomic E-state index is 9.52. The predicted octanol–water partition coefficient (Wildman–Crippen LogP) is 2.97. The zero-order chi connectivity index (χ0) is 11.2. The van der Waals surface area contributed by atoms with Crippen molar-refractivity contribution in [2.45, 2.75) is 38.1 Å². The SMILES string of the molecule is NC(c1cccc(O)c1)C12CCC(CC1)C2. The Morgan fingerprint density at radius 3 is 2.62 bits per heavy atom. The Morgan fingerprint density at radius 1 is 1.31 bits per heavy atom. The summed E-state index contributed by atoms with van der Waals surface area (Å²) < 4.78 is 0. The zero-order valence-corrected chi connectivity index (χ0v) is 9.52. The van der Waals surface area contributed by atoms with Crippen LogP contribution in [0.5, 0.6) is 5.75 Å². The summed E-state index contributed by atoms with van der Waals surface area (Å²) in [5.74, 6) is 1.25. The van der Waals surface area contributed by atoms with Gasteiger partial charge in [0.2, 0.25) is 0 Å². The first-order chi connectivity index (χ1) is 7.70. The van der Waals surface area contributed by atoms with Gasteiger partial charge in [-0.15, -0.1) is 0 Å². The molecule has 0 amide bonds.